The van der Waals surface area contributed by atoms with Crippen molar-refractivity contribution < 1.29 is 4.42 Å². The van der Waals surface area contributed by atoms with Crippen LogP contribution in [0.4, 0.5) is 0 Å². The van der Waals surface area contributed by atoms with E-state index in [0.717, 1.165) is 71.9 Å². The summed E-state index contributed by atoms with van der Waals surface area (Å²) in [6.45, 7) is 4.89. The van der Waals surface area contributed by atoms with E-state index in [9.17, 15) is 0 Å². The average Bonchev–Trinajstić information content (AvgIpc) is 3.92. The molecule has 278 valence electrons. The molecule has 0 N–H and O–H groups in total. The molecule has 4 heterocycles. The van der Waals surface area contributed by atoms with Crippen molar-refractivity contribution in [3.05, 3.63) is 182 Å². The van der Waals surface area contributed by atoms with E-state index in [-0.39, 0.29) is 0 Å². The summed E-state index contributed by atoms with van der Waals surface area (Å²) in [6, 6.07) is 64.4. The third-order valence-electron chi connectivity index (χ3n) is 12.3. The summed E-state index contributed by atoms with van der Waals surface area (Å²) in [5.74, 6) is 1.91. The van der Waals surface area contributed by atoms with Crippen LogP contribution in [0.2, 0.25) is 13.1 Å². The molecule has 0 amide bonds. The Kier molecular flexibility index (Phi) is 7.31. The van der Waals surface area contributed by atoms with Crippen molar-refractivity contribution in [2.24, 2.45) is 0 Å². The van der Waals surface area contributed by atoms with Gasteiger partial charge in [-0.05, 0) is 57.4 Å². The maximum absolute atomic E-state index is 6.80. The number of benzene rings is 8. The number of nitrogens with zero attached hydrogens (tertiary/aromatic N) is 4. The minimum atomic E-state index is -1.94. The Morgan fingerprint density at radius 2 is 1.07 bits per heavy atom. The summed E-state index contributed by atoms with van der Waals surface area (Å²) in [6.07, 6.45) is 0. The fourth-order valence-electron chi connectivity index (χ4n) is 9.48. The van der Waals surface area contributed by atoms with Gasteiger partial charge in [-0.2, -0.15) is 0 Å². The molecule has 12 rings (SSSR count). The van der Waals surface area contributed by atoms with E-state index in [0.29, 0.717) is 17.5 Å². The van der Waals surface area contributed by atoms with E-state index < -0.39 is 8.07 Å². The first-order chi connectivity index (χ1) is 29.0. The van der Waals surface area contributed by atoms with Crippen molar-refractivity contribution in [3.63, 3.8) is 0 Å². The van der Waals surface area contributed by atoms with Crippen molar-refractivity contribution in [2.75, 3.05) is 0 Å². The van der Waals surface area contributed by atoms with Crippen molar-refractivity contribution in [3.8, 4) is 62.1 Å². The average molecular weight is 773 g/mol. The summed E-state index contributed by atoms with van der Waals surface area (Å²) in [5, 5.41) is 7.37. The van der Waals surface area contributed by atoms with Gasteiger partial charge in [0.15, 0.2) is 17.5 Å². The van der Waals surface area contributed by atoms with E-state index in [2.05, 4.69) is 175 Å². The topological polar surface area (TPSA) is 56.7 Å². The van der Waals surface area contributed by atoms with Gasteiger partial charge in [0.05, 0.1) is 22.1 Å². The number of hydrogen-bond donors (Lipinski definition) is 0. The fourth-order valence-corrected chi connectivity index (χ4v) is 12.6. The highest BCUT2D eigenvalue weighted by molar-refractivity contribution is 7.03. The van der Waals surface area contributed by atoms with Gasteiger partial charge in [0.1, 0.15) is 19.2 Å². The largest absolute Gasteiger partial charge is 0.455 e. The molecule has 8 aromatic carbocycles. The Morgan fingerprint density at radius 1 is 0.441 bits per heavy atom. The third-order valence-corrected chi connectivity index (χ3v) is 15.8. The van der Waals surface area contributed by atoms with Crippen LogP contribution in [0, 0.1) is 0 Å². The molecule has 0 saturated carbocycles. The highest BCUT2D eigenvalue weighted by atomic mass is 28.3. The molecule has 0 saturated heterocycles. The highest BCUT2D eigenvalue weighted by Gasteiger charge is 2.37. The van der Waals surface area contributed by atoms with Gasteiger partial charge in [-0.1, -0.05) is 165 Å². The third kappa shape index (κ3) is 5.06. The molecule has 3 aromatic heterocycles. The standard InChI is InChI=1S/C53H36N4OSi/c1-59(2)46-27-14-11-21-38(46)39-29-28-35(32-47(39)59)52-54-51(34-18-7-4-8-19-34)55-53(56-52)41-22-10-13-26-44(41)57-43-25-12-9-20-37(43)40-30-31-45-48(49(40)57)42-24-15-23-36(50(42)58-45)33-16-5-3-6-17-33/h3-32H,1-2H3. The molecule has 1 aliphatic heterocycles. The summed E-state index contributed by atoms with van der Waals surface area (Å²) >= 11 is 0. The Labute approximate surface area is 341 Å². The van der Waals surface area contributed by atoms with Gasteiger partial charge in [0.25, 0.3) is 0 Å². The zero-order valence-electron chi connectivity index (χ0n) is 32.5. The molecule has 0 spiro atoms. The van der Waals surface area contributed by atoms with E-state index >= 15 is 0 Å². The number of furan rings is 1. The number of para-hydroxylation sites is 3. The second-order valence-corrected chi connectivity index (χ2v) is 20.3. The van der Waals surface area contributed by atoms with E-state index in [1.807, 2.05) is 24.3 Å². The van der Waals surface area contributed by atoms with Crippen molar-refractivity contribution in [1.29, 1.82) is 0 Å². The maximum Gasteiger partial charge on any atom is 0.166 e. The van der Waals surface area contributed by atoms with Crippen LogP contribution in [0.1, 0.15) is 0 Å². The first kappa shape index (κ1) is 33.7. The molecule has 59 heavy (non-hydrogen) atoms. The Hall–Kier alpha value is -7.41. The molecule has 5 nitrogen and oxygen atoms in total. The fraction of sp³-hybridized carbons (Fsp3) is 0.0377. The first-order valence-electron chi connectivity index (χ1n) is 20.1. The lowest BCUT2D eigenvalue weighted by atomic mass is 10.0. The molecule has 0 fully saturated rings. The van der Waals surface area contributed by atoms with Crippen LogP contribution in [-0.4, -0.2) is 27.6 Å². The number of rotatable bonds is 5. The summed E-state index contributed by atoms with van der Waals surface area (Å²) in [5.41, 5.74) is 12.6. The van der Waals surface area contributed by atoms with E-state index in [1.165, 1.54) is 26.9 Å². The van der Waals surface area contributed by atoms with Crippen LogP contribution in [0.25, 0.3) is 106 Å². The predicted molar refractivity (Wildman–Crippen MR) is 245 cm³/mol. The second-order valence-electron chi connectivity index (χ2n) is 16.0. The van der Waals surface area contributed by atoms with Gasteiger partial charge in [-0.25, -0.2) is 15.0 Å². The molecule has 1 aliphatic rings. The van der Waals surface area contributed by atoms with Crippen molar-refractivity contribution in [1.82, 2.24) is 19.5 Å². The van der Waals surface area contributed by atoms with Crippen LogP contribution in [-0.2, 0) is 0 Å². The van der Waals surface area contributed by atoms with Crippen LogP contribution >= 0.6 is 0 Å². The number of hydrogen-bond acceptors (Lipinski definition) is 4. The molecule has 0 unspecified atom stereocenters. The monoisotopic (exact) mass is 772 g/mol. The van der Waals surface area contributed by atoms with Gasteiger partial charge >= 0.3 is 0 Å². The quantitative estimate of drug-likeness (QED) is 0.164. The highest BCUT2D eigenvalue weighted by Crippen LogP contribution is 2.44. The molecular weight excluding hydrogens is 737 g/mol. The van der Waals surface area contributed by atoms with E-state index in [1.54, 1.807) is 0 Å². The first-order valence-corrected chi connectivity index (χ1v) is 23.1. The van der Waals surface area contributed by atoms with Crippen molar-refractivity contribution >= 4 is 62.2 Å². The van der Waals surface area contributed by atoms with Gasteiger partial charge in [0.2, 0.25) is 0 Å². The number of aromatic nitrogens is 4. The minimum Gasteiger partial charge on any atom is -0.455 e. The maximum atomic E-state index is 6.80. The molecule has 11 aromatic rings. The zero-order chi connectivity index (χ0) is 39.2. The van der Waals surface area contributed by atoms with E-state index in [4.69, 9.17) is 19.4 Å². The SMILES string of the molecule is C[Si]1(C)c2ccccc2-c2ccc(-c3nc(-c4ccccc4)nc(-c4ccccc4-n4c5ccccc5c5ccc6oc7c(-c8ccccc8)cccc7c6c54)n3)cc21. The minimum absolute atomic E-state index is 0.617. The summed E-state index contributed by atoms with van der Waals surface area (Å²) in [4.78, 5) is 15.8. The molecule has 0 aliphatic carbocycles. The molecule has 0 bridgehead atoms. The predicted octanol–water partition coefficient (Wildman–Crippen LogP) is 12.3. The molecule has 6 heteroatoms. The molecule has 0 atom stereocenters. The van der Waals surface area contributed by atoms with Crippen LogP contribution in [0.15, 0.2) is 186 Å². The van der Waals surface area contributed by atoms with Crippen LogP contribution < -0.4 is 10.4 Å². The Morgan fingerprint density at radius 3 is 1.90 bits per heavy atom. The van der Waals surface area contributed by atoms with Crippen LogP contribution in [0.3, 0.4) is 0 Å². The van der Waals surface area contributed by atoms with Gasteiger partial charge < -0.3 is 8.98 Å². The number of fused-ring (bicyclic) bond motifs is 10. The summed E-state index contributed by atoms with van der Waals surface area (Å²) < 4.78 is 9.19. The van der Waals surface area contributed by atoms with Crippen molar-refractivity contribution in [2.45, 2.75) is 13.1 Å². The van der Waals surface area contributed by atoms with Gasteiger partial charge in [-0.3, -0.25) is 0 Å². The molecular formula is C53H36N4OSi. The normalized spacial score (nSPS) is 13.1. The molecule has 0 radical (unpaired) electrons. The lowest BCUT2D eigenvalue weighted by molar-refractivity contribution is 0.670. The second kappa shape index (κ2) is 12.8. The lowest BCUT2D eigenvalue weighted by Crippen LogP contribution is -2.49. The van der Waals surface area contributed by atoms with Gasteiger partial charge in [0, 0.05) is 38.4 Å². The smallest absolute Gasteiger partial charge is 0.166 e. The lowest BCUT2D eigenvalue weighted by Gasteiger charge is -2.19. The van der Waals surface area contributed by atoms with Crippen LogP contribution in [0.5, 0.6) is 0 Å². The van der Waals surface area contributed by atoms with Gasteiger partial charge in [-0.15, -0.1) is 0 Å². The Bertz CT molecular complexity index is 3480. The summed E-state index contributed by atoms with van der Waals surface area (Å²) in [7, 11) is -1.94. The Balaban J connectivity index is 1.12. The zero-order valence-corrected chi connectivity index (χ0v) is 33.5.